The molecule has 1 aromatic rings. The van der Waals surface area contributed by atoms with Gasteiger partial charge in [0.1, 0.15) is 18.1 Å². The van der Waals surface area contributed by atoms with Crippen molar-refractivity contribution < 1.29 is 24.0 Å². The average molecular weight is 601 g/mol. The van der Waals surface area contributed by atoms with Crippen LogP contribution in [0.5, 0.6) is 0 Å². The van der Waals surface area contributed by atoms with E-state index in [9.17, 15) is 24.0 Å². The Morgan fingerprint density at radius 2 is 1.42 bits per heavy atom. The molecule has 0 spiro atoms. The molecule has 1 aliphatic heterocycles. The molecule has 0 aliphatic carbocycles. The second kappa shape index (κ2) is 15.3. The summed E-state index contributed by atoms with van der Waals surface area (Å²) in [6.07, 6.45) is 1.10. The summed E-state index contributed by atoms with van der Waals surface area (Å²) >= 11 is 0. The van der Waals surface area contributed by atoms with Gasteiger partial charge in [0.05, 0.1) is 17.3 Å². The molecule has 0 bridgehead atoms. The lowest BCUT2D eigenvalue weighted by Crippen LogP contribution is -2.60. The molecule has 2 N–H and O–H groups in total. The SMILES string of the molecule is CC(C)[C@H](NC(=O)[C@H](C(C)C)N(C)C)C(=O)N(C)[C@H](C(=O)N1CCC[C@H]1C(=O)Nc1ccccc1C(=O)N(C)C)C(C)C. The normalized spacial score (nSPS) is 17.2. The molecule has 1 aliphatic rings. The van der Waals surface area contributed by atoms with Crippen molar-refractivity contribution in [3.8, 4) is 0 Å². The maximum Gasteiger partial charge on any atom is 0.255 e. The number of nitrogens with zero attached hydrogens (tertiary/aromatic N) is 4. The van der Waals surface area contributed by atoms with Crippen molar-refractivity contribution in [1.29, 1.82) is 0 Å². The number of benzene rings is 1. The number of carbonyl (C=O) groups is 5. The van der Waals surface area contributed by atoms with Crippen LogP contribution < -0.4 is 10.6 Å². The Kier molecular flexibility index (Phi) is 12.7. The minimum absolute atomic E-state index is 0.0341. The summed E-state index contributed by atoms with van der Waals surface area (Å²) in [4.78, 5) is 73.6. The van der Waals surface area contributed by atoms with Crippen LogP contribution in [0, 0.1) is 17.8 Å². The van der Waals surface area contributed by atoms with Crippen molar-refractivity contribution in [3.05, 3.63) is 29.8 Å². The van der Waals surface area contributed by atoms with E-state index in [0.717, 1.165) is 0 Å². The van der Waals surface area contributed by atoms with E-state index in [1.165, 1.54) is 9.80 Å². The van der Waals surface area contributed by atoms with Crippen LogP contribution in [0.15, 0.2) is 24.3 Å². The molecule has 0 radical (unpaired) electrons. The number of anilines is 1. The smallest absolute Gasteiger partial charge is 0.255 e. The fourth-order valence-electron chi connectivity index (χ4n) is 5.85. The topological polar surface area (TPSA) is 122 Å². The van der Waals surface area contributed by atoms with Crippen LogP contribution in [-0.4, -0.2) is 115 Å². The summed E-state index contributed by atoms with van der Waals surface area (Å²) in [6.45, 7) is 11.7. The number of amides is 5. The first-order valence-electron chi connectivity index (χ1n) is 15.2. The minimum Gasteiger partial charge on any atom is -0.345 e. The van der Waals surface area contributed by atoms with Gasteiger partial charge in [0.25, 0.3) is 5.91 Å². The van der Waals surface area contributed by atoms with E-state index in [1.54, 1.807) is 50.3 Å². The third kappa shape index (κ3) is 8.55. The zero-order chi connectivity index (χ0) is 32.8. The molecular formula is C32H52N6O5. The molecule has 0 aromatic heterocycles. The molecule has 1 heterocycles. The predicted octanol–water partition coefficient (Wildman–Crippen LogP) is 2.53. The molecular weight excluding hydrogens is 548 g/mol. The fourth-order valence-corrected chi connectivity index (χ4v) is 5.85. The highest BCUT2D eigenvalue weighted by Gasteiger charge is 2.42. The third-order valence-corrected chi connectivity index (χ3v) is 8.00. The Morgan fingerprint density at radius 3 is 1.93 bits per heavy atom. The van der Waals surface area contributed by atoms with Gasteiger partial charge in [-0.05, 0) is 56.8 Å². The van der Waals surface area contributed by atoms with E-state index in [1.807, 2.05) is 60.5 Å². The van der Waals surface area contributed by atoms with E-state index in [2.05, 4.69) is 10.6 Å². The summed E-state index contributed by atoms with van der Waals surface area (Å²) in [5.74, 6) is -1.96. The molecule has 0 unspecified atom stereocenters. The van der Waals surface area contributed by atoms with Crippen molar-refractivity contribution in [1.82, 2.24) is 24.9 Å². The maximum absolute atomic E-state index is 14.1. The highest BCUT2D eigenvalue weighted by molar-refractivity contribution is 6.05. The van der Waals surface area contributed by atoms with Crippen LogP contribution in [0.2, 0.25) is 0 Å². The molecule has 1 fully saturated rings. The van der Waals surface area contributed by atoms with Crippen LogP contribution in [-0.2, 0) is 19.2 Å². The van der Waals surface area contributed by atoms with E-state index in [0.29, 0.717) is 30.6 Å². The number of likely N-dealkylation sites (tertiary alicyclic amines) is 1. The van der Waals surface area contributed by atoms with Gasteiger partial charge in [-0.25, -0.2) is 0 Å². The molecule has 1 aromatic carbocycles. The van der Waals surface area contributed by atoms with Gasteiger partial charge in [0.15, 0.2) is 0 Å². The number of para-hydroxylation sites is 1. The lowest BCUT2D eigenvalue weighted by atomic mass is 9.96. The summed E-state index contributed by atoms with van der Waals surface area (Å²) in [7, 11) is 8.53. The predicted molar refractivity (Wildman–Crippen MR) is 168 cm³/mol. The van der Waals surface area contributed by atoms with Gasteiger partial charge in [0, 0.05) is 27.7 Å². The molecule has 5 amide bonds. The van der Waals surface area contributed by atoms with Crippen LogP contribution in [0.1, 0.15) is 64.7 Å². The molecule has 2 rings (SSSR count). The van der Waals surface area contributed by atoms with Crippen LogP contribution in [0.25, 0.3) is 0 Å². The van der Waals surface area contributed by atoms with E-state index in [4.69, 9.17) is 0 Å². The Balaban J connectivity index is 2.29. The molecule has 11 heteroatoms. The summed E-state index contributed by atoms with van der Waals surface area (Å²) < 4.78 is 0. The number of carbonyl (C=O) groups excluding carboxylic acids is 5. The van der Waals surface area contributed by atoms with Crippen molar-refractivity contribution in [3.63, 3.8) is 0 Å². The standard InChI is InChI=1S/C32H52N6O5/c1-19(2)25(34-29(40)26(20(3)4)35(7)8)31(42)37(11)27(21(5)6)32(43)38-18-14-17-24(38)28(39)33-23-16-13-12-15-22(23)30(41)36(9)10/h12-13,15-16,19-21,24-27H,14,17-18H2,1-11H3,(H,33,39)(H,34,40)/t24-,25-,26-,27-/m0/s1. The van der Waals surface area contributed by atoms with Gasteiger partial charge in [-0.15, -0.1) is 0 Å². The molecule has 1 saturated heterocycles. The van der Waals surface area contributed by atoms with Gasteiger partial charge in [-0.1, -0.05) is 53.7 Å². The third-order valence-electron chi connectivity index (χ3n) is 8.00. The Labute approximate surface area is 257 Å². The summed E-state index contributed by atoms with van der Waals surface area (Å²) in [5, 5.41) is 5.81. The number of rotatable bonds is 12. The van der Waals surface area contributed by atoms with E-state index < -0.39 is 24.2 Å². The average Bonchev–Trinajstić information content (AvgIpc) is 3.40. The summed E-state index contributed by atoms with van der Waals surface area (Å²) in [5.41, 5.74) is 0.740. The number of nitrogens with one attached hydrogen (secondary N) is 2. The van der Waals surface area contributed by atoms with Crippen LogP contribution in [0.4, 0.5) is 5.69 Å². The Hall–Kier alpha value is -3.47. The Bertz CT molecular complexity index is 1160. The quantitative estimate of drug-likeness (QED) is 0.380. The van der Waals surface area contributed by atoms with Gasteiger partial charge in [0.2, 0.25) is 23.6 Å². The highest BCUT2D eigenvalue weighted by Crippen LogP contribution is 2.25. The number of hydrogen-bond donors (Lipinski definition) is 2. The monoisotopic (exact) mass is 600 g/mol. The molecule has 0 saturated carbocycles. The fraction of sp³-hybridized carbons (Fsp3) is 0.656. The zero-order valence-electron chi connectivity index (χ0n) is 27.8. The highest BCUT2D eigenvalue weighted by atomic mass is 16.2. The van der Waals surface area contributed by atoms with Crippen LogP contribution >= 0.6 is 0 Å². The second-order valence-electron chi connectivity index (χ2n) is 12.9. The number of hydrogen-bond acceptors (Lipinski definition) is 6. The largest absolute Gasteiger partial charge is 0.345 e. The maximum atomic E-state index is 14.1. The van der Waals surface area contributed by atoms with Gasteiger partial charge in [-0.3, -0.25) is 28.9 Å². The number of likely N-dealkylation sites (N-methyl/N-ethyl adjacent to an activating group) is 2. The first kappa shape index (κ1) is 35.7. The molecule has 43 heavy (non-hydrogen) atoms. The summed E-state index contributed by atoms with van der Waals surface area (Å²) in [6, 6.07) is 3.97. The zero-order valence-corrected chi connectivity index (χ0v) is 27.8. The molecule has 240 valence electrons. The van der Waals surface area contributed by atoms with E-state index >= 15 is 0 Å². The van der Waals surface area contributed by atoms with Crippen molar-refractivity contribution in [2.75, 3.05) is 47.1 Å². The molecule has 11 nitrogen and oxygen atoms in total. The molecule has 4 atom stereocenters. The van der Waals surface area contributed by atoms with Crippen molar-refractivity contribution in [2.24, 2.45) is 17.8 Å². The van der Waals surface area contributed by atoms with Crippen molar-refractivity contribution in [2.45, 2.75) is 78.6 Å². The lowest BCUT2D eigenvalue weighted by molar-refractivity contribution is -0.150. The van der Waals surface area contributed by atoms with Crippen molar-refractivity contribution >= 4 is 35.2 Å². The van der Waals surface area contributed by atoms with Gasteiger partial charge in [-0.2, -0.15) is 0 Å². The minimum atomic E-state index is -0.837. The van der Waals surface area contributed by atoms with Gasteiger partial charge >= 0.3 is 0 Å². The first-order valence-corrected chi connectivity index (χ1v) is 15.2. The Morgan fingerprint density at radius 1 is 0.837 bits per heavy atom. The lowest BCUT2D eigenvalue weighted by Gasteiger charge is -2.38. The van der Waals surface area contributed by atoms with Crippen LogP contribution in [0.3, 0.4) is 0 Å². The second-order valence-corrected chi connectivity index (χ2v) is 12.9. The first-order chi connectivity index (χ1) is 20.0. The van der Waals surface area contributed by atoms with E-state index in [-0.39, 0.29) is 47.3 Å². The van der Waals surface area contributed by atoms with Gasteiger partial charge < -0.3 is 25.3 Å².